The molecule has 0 bridgehead atoms. The SMILES string of the molecule is CC(C)[Si]1(C(C)C)c2ccccc2-c2cc3ccc(N(C)C)cc3c3cccc1c23. The van der Waals surface area contributed by atoms with Crippen molar-refractivity contribution in [3.8, 4) is 11.1 Å². The number of hydrogen-bond acceptors (Lipinski definition) is 1. The molecule has 0 N–H and O–H groups in total. The van der Waals surface area contributed by atoms with E-state index in [9.17, 15) is 0 Å². The monoisotopic (exact) mass is 409 g/mol. The highest BCUT2D eigenvalue weighted by molar-refractivity contribution is 7.06. The molecule has 4 aromatic carbocycles. The van der Waals surface area contributed by atoms with Gasteiger partial charge in [0.15, 0.2) is 0 Å². The quantitative estimate of drug-likeness (QED) is 0.279. The van der Waals surface area contributed by atoms with Crippen LogP contribution in [0.5, 0.6) is 0 Å². The van der Waals surface area contributed by atoms with Gasteiger partial charge in [-0.15, -0.1) is 0 Å². The summed E-state index contributed by atoms with van der Waals surface area (Å²) in [5.74, 6) is 0. The van der Waals surface area contributed by atoms with Crippen LogP contribution in [0.25, 0.3) is 32.7 Å². The summed E-state index contributed by atoms with van der Waals surface area (Å²) in [6, 6.07) is 25.7. The second-order valence-corrected chi connectivity index (χ2v) is 14.8. The Bertz CT molecular complexity index is 1270. The van der Waals surface area contributed by atoms with Crippen LogP contribution < -0.4 is 15.3 Å². The summed E-state index contributed by atoms with van der Waals surface area (Å²) in [6.07, 6.45) is 0. The molecule has 0 aromatic heterocycles. The van der Waals surface area contributed by atoms with E-state index in [0.29, 0.717) is 11.1 Å². The van der Waals surface area contributed by atoms with Crippen LogP contribution in [0.4, 0.5) is 5.69 Å². The van der Waals surface area contributed by atoms with Gasteiger partial charge in [0.05, 0.1) is 0 Å². The fourth-order valence-electron chi connectivity index (χ4n) is 6.17. The van der Waals surface area contributed by atoms with E-state index in [1.165, 1.54) is 38.4 Å². The first-order valence-electron chi connectivity index (χ1n) is 11.1. The van der Waals surface area contributed by atoms with Gasteiger partial charge in [-0.3, -0.25) is 0 Å². The van der Waals surface area contributed by atoms with Crippen LogP contribution in [-0.2, 0) is 0 Å². The third kappa shape index (κ3) is 2.40. The molecule has 0 atom stereocenters. The molecule has 0 radical (unpaired) electrons. The largest absolute Gasteiger partial charge is 0.378 e. The van der Waals surface area contributed by atoms with E-state index in [2.05, 4.69) is 113 Å². The van der Waals surface area contributed by atoms with Gasteiger partial charge in [-0.05, 0) is 72.3 Å². The van der Waals surface area contributed by atoms with Crippen LogP contribution in [0, 0.1) is 0 Å². The van der Waals surface area contributed by atoms with E-state index in [1.807, 2.05) is 0 Å². The zero-order valence-corrected chi connectivity index (χ0v) is 20.0. The topological polar surface area (TPSA) is 3.24 Å². The Morgan fingerprint density at radius 2 is 1.37 bits per heavy atom. The highest BCUT2D eigenvalue weighted by atomic mass is 28.3. The number of fused-ring (bicyclic) bond motifs is 4. The average molecular weight is 410 g/mol. The molecular formula is C28H31NSi. The van der Waals surface area contributed by atoms with Crippen LogP contribution in [0.3, 0.4) is 0 Å². The fourth-order valence-corrected chi connectivity index (χ4v) is 12.4. The Morgan fingerprint density at radius 1 is 0.667 bits per heavy atom. The molecule has 0 spiro atoms. The van der Waals surface area contributed by atoms with Gasteiger partial charge >= 0.3 is 0 Å². The zero-order chi connectivity index (χ0) is 21.2. The first-order valence-corrected chi connectivity index (χ1v) is 13.3. The smallest absolute Gasteiger partial charge is 0.124 e. The molecule has 4 aromatic rings. The molecule has 1 aliphatic rings. The summed E-state index contributed by atoms with van der Waals surface area (Å²) in [5.41, 5.74) is 5.43. The third-order valence-corrected chi connectivity index (χ3v) is 13.7. The summed E-state index contributed by atoms with van der Waals surface area (Å²) in [5, 5.41) is 8.88. The van der Waals surface area contributed by atoms with E-state index in [4.69, 9.17) is 0 Å². The van der Waals surface area contributed by atoms with Gasteiger partial charge < -0.3 is 4.90 Å². The molecular weight excluding hydrogens is 378 g/mol. The summed E-state index contributed by atoms with van der Waals surface area (Å²) >= 11 is 0. The minimum absolute atomic E-state index is 0.640. The Kier molecular flexibility index (Phi) is 4.34. The first kappa shape index (κ1) is 19.4. The van der Waals surface area contributed by atoms with Crippen molar-refractivity contribution in [2.24, 2.45) is 0 Å². The Hall–Kier alpha value is -2.58. The lowest BCUT2D eigenvalue weighted by atomic mass is 9.92. The van der Waals surface area contributed by atoms with Crippen molar-refractivity contribution in [1.29, 1.82) is 0 Å². The maximum absolute atomic E-state index is 2.46. The molecule has 0 fully saturated rings. The van der Waals surface area contributed by atoms with Gasteiger partial charge in [0.25, 0.3) is 0 Å². The van der Waals surface area contributed by atoms with Gasteiger partial charge in [0.1, 0.15) is 8.07 Å². The first-order chi connectivity index (χ1) is 14.4. The molecule has 5 rings (SSSR count). The van der Waals surface area contributed by atoms with Gasteiger partial charge in [-0.2, -0.15) is 0 Å². The Morgan fingerprint density at radius 3 is 2.07 bits per heavy atom. The Balaban J connectivity index is 2.02. The number of benzene rings is 4. The lowest BCUT2D eigenvalue weighted by Crippen LogP contribution is -2.64. The standard InChI is InChI=1S/C28H31NSi/c1-18(2)30(19(3)4)26-12-8-7-10-22(26)25-16-20-14-15-21(29(5)6)17-24(20)23-11-9-13-27(30)28(23)25/h7-19H,1-6H3. The molecule has 0 saturated heterocycles. The maximum Gasteiger partial charge on any atom is 0.124 e. The van der Waals surface area contributed by atoms with Crippen molar-refractivity contribution < 1.29 is 0 Å². The second kappa shape index (κ2) is 6.71. The molecule has 30 heavy (non-hydrogen) atoms. The van der Waals surface area contributed by atoms with Crippen molar-refractivity contribution in [3.05, 3.63) is 66.7 Å². The summed E-state index contributed by atoms with van der Waals surface area (Å²) in [7, 11) is 2.30. The molecule has 152 valence electrons. The predicted molar refractivity (Wildman–Crippen MR) is 136 cm³/mol. The summed E-state index contributed by atoms with van der Waals surface area (Å²) < 4.78 is 0. The highest BCUT2D eigenvalue weighted by Crippen LogP contribution is 2.44. The lowest BCUT2D eigenvalue weighted by molar-refractivity contribution is 0.928. The highest BCUT2D eigenvalue weighted by Gasteiger charge is 2.48. The minimum Gasteiger partial charge on any atom is -0.378 e. The molecule has 1 aliphatic heterocycles. The predicted octanol–water partition coefficient (Wildman–Crippen LogP) is 6.42. The number of anilines is 1. The summed E-state index contributed by atoms with van der Waals surface area (Å²) in [6.45, 7) is 9.83. The van der Waals surface area contributed by atoms with Crippen LogP contribution in [0.2, 0.25) is 11.1 Å². The molecule has 1 heterocycles. The fraction of sp³-hybridized carbons (Fsp3) is 0.286. The van der Waals surface area contributed by atoms with E-state index in [1.54, 1.807) is 10.4 Å². The van der Waals surface area contributed by atoms with E-state index in [0.717, 1.165) is 0 Å². The van der Waals surface area contributed by atoms with E-state index >= 15 is 0 Å². The number of rotatable bonds is 3. The number of hydrogen-bond donors (Lipinski definition) is 0. The lowest BCUT2D eigenvalue weighted by Gasteiger charge is -2.45. The maximum atomic E-state index is 2.46. The molecule has 1 nitrogen and oxygen atoms in total. The van der Waals surface area contributed by atoms with Crippen molar-refractivity contribution in [3.63, 3.8) is 0 Å². The van der Waals surface area contributed by atoms with Crippen LogP contribution in [0.1, 0.15) is 27.7 Å². The van der Waals surface area contributed by atoms with E-state index < -0.39 is 8.07 Å². The molecule has 0 aliphatic carbocycles. The molecule has 0 amide bonds. The normalized spacial score (nSPS) is 14.5. The molecule has 0 unspecified atom stereocenters. The van der Waals surface area contributed by atoms with Crippen molar-refractivity contribution in [2.75, 3.05) is 19.0 Å². The van der Waals surface area contributed by atoms with Crippen molar-refractivity contribution in [2.45, 2.75) is 38.8 Å². The average Bonchev–Trinajstić information content (AvgIpc) is 2.73. The van der Waals surface area contributed by atoms with Crippen LogP contribution in [-0.4, -0.2) is 22.2 Å². The van der Waals surface area contributed by atoms with Gasteiger partial charge in [0.2, 0.25) is 0 Å². The van der Waals surface area contributed by atoms with Crippen molar-refractivity contribution >= 4 is 45.7 Å². The molecule has 2 heteroatoms. The van der Waals surface area contributed by atoms with Gasteiger partial charge in [0, 0.05) is 19.8 Å². The van der Waals surface area contributed by atoms with Crippen LogP contribution in [0.15, 0.2) is 66.7 Å². The summed E-state index contributed by atoms with van der Waals surface area (Å²) in [4.78, 5) is 2.20. The Labute approximate surface area is 181 Å². The van der Waals surface area contributed by atoms with Crippen LogP contribution >= 0.6 is 0 Å². The van der Waals surface area contributed by atoms with Gasteiger partial charge in [-0.1, -0.05) is 76.2 Å². The van der Waals surface area contributed by atoms with Gasteiger partial charge in [-0.25, -0.2) is 0 Å². The minimum atomic E-state index is -1.94. The third-order valence-electron chi connectivity index (χ3n) is 7.41. The zero-order valence-electron chi connectivity index (χ0n) is 19.0. The second-order valence-electron chi connectivity index (χ2n) is 9.68. The van der Waals surface area contributed by atoms with E-state index in [-0.39, 0.29) is 0 Å². The van der Waals surface area contributed by atoms with Crippen molar-refractivity contribution in [1.82, 2.24) is 0 Å². The number of nitrogens with zero attached hydrogens (tertiary/aromatic N) is 1. The molecule has 0 saturated carbocycles.